The quantitative estimate of drug-likeness (QED) is 0.562. The van der Waals surface area contributed by atoms with Gasteiger partial charge < -0.3 is 0 Å². The van der Waals surface area contributed by atoms with Crippen molar-refractivity contribution in [2.45, 2.75) is 52.6 Å². The predicted octanol–water partition coefficient (Wildman–Crippen LogP) is 2.65. The van der Waals surface area contributed by atoms with Gasteiger partial charge in [-0.25, -0.2) is 0 Å². The summed E-state index contributed by atoms with van der Waals surface area (Å²) < 4.78 is 8.88. The Kier molecular flexibility index (Phi) is 3.72. The fourth-order valence-corrected chi connectivity index (χ4v) is 1.38. The molecule has 0 aliphatic carbocycles. The summed E-state index contributed by atoms with van der Waals surface area (Å²) in [4.78, 5) is 0. The maximum atomic E-state index is 4.44. The number of nitrogens with zero attached hydrogens (tertiary/aromatic N) is 2. The Morgan fingerprint density at radius 1 is 0.727 bits per heavy atom. The van der Waals surface area contributed by atoms with Crippen LogP contribution in [0.5, 0.6) is 0 Å². The third kappa shape index (κ3) is 10.1. The molecular formula is C8H18N2Se. The molecule has 3 heteroatoms. The van der Waals surface area contributed by atoms with E-state index in [0.29, 0.717) is 0 Å². The van der Waals surface area contributed by atoms with Gasteiger partial charge in [0.15, 0.2) is 0 Å². The predicted molar refractivity (Wildman–Crippen MR) is 50.1 cm³/mol. The van der Waals surface area contributed by atoms with Crippen LogP contribution in [0.15, 0.2) is 7.92 Å². The van der Waals surface area contributed by atoms with Crippen LogP contribution in [-0.4, -0.2) is 25.6 Å². The van der Waals surface area contributed by atoms with E-state index in [-0.39, 0.29) is 25.6 Å². The first-order valence-electron chi connectivity index (χ1n) is 3.81. The van der Waals surface area contributed by atoms with Crippen molar-refractivity contribution in [2.24, 2.45) is 7.92 Å². The summed E-state index contributed by atoms with van der Waals surface area (Å²) in [7, 11) is 0. The molecule has 0 N–H and O–H groups in total. The molecule has 0 saturated carbocycles. The molecule has 0 bridgehead atoms. The first kappa shape index (κ1) is 11.1. The fourth-order valence-electron chi connectivity index (χ4n) is 0.265. The van der Waals surface area contributed by atoms with Crippen LogP contribution in [0.4, 0.5) is 0 Å². The van der Waals surface area contributed by atoms with Crippen molar-refractivity contribution in [3.8, 4) is 0 Å². The standard InChI is InChI=1S/C8H18N2Se/c1-7(2,3)9-11-10-8(4,5)6/h1-6H3. The Labute approximate surface area is 75.5 Å². The van der Waals surface area contributed by atoms with Crippen LogP contribution in [0.2, 0.25) is 0 Å². The summed E-state index contributed by atoms with van der Waals surface area (Å²) in [6.45, 7) is 12.6. The zero-order chi connectivity index (χ0) is 9.12. The number of rotatable bonds is 0. The molecular weight excluding hydrogens is 203 g/mol. The molecule has 0 radical (unpaired) electrons. The van der Waals surface area contributed by atoms with Crippen LogP contribution in [0.3, 0.4) is 0 Å². The van der Waals surface area contributed by atoms with Gasteiger partial charge in [0.25, 0.3) is 0 Å². The summed E-state index contributed by atoms with van der Waals surface area (Å²) in [6, 6.07) is 0. The van der Waals surface area contributed by atoms with E-state index < -0.39 is 0 Å². The van der Waals surface area contributed by atoms with Crippen molar-refractivity contribution in [3.63, 3.8) is 0 Å². The molecule has 0 saturated heterocycles. The minimum atomic E-state index is 0.0781. The van der Waals surface area contributed by atoms with Crippen molar-refractivity contribution < 1.29 is 0 Å². The van der Waals surface area contributed by atoms with Crippen LogP contribution < -0.4 is 0 Å². The summed E-state index contributed by atoms with van der Waals surface area (Å²) in [6.07, 6.45) is 0. The van der Waals surface area contributed by atoms with Gasteiger partial charge >= 0.3 is 75.1 Å². The first-order valence-corrected chi connectivity index (χ1v) is 5.34. The molecule has 0 aromatic heterocycles. The fraction of sp³-hybridized carbons (Fsp3) is 1.00. The van der Waals surface area contributed by atoms with Gasteiger partial charge in [-0.2, -0.15) is 0 Å². The molecule has 0 unspecified atom stereocenters. The normalized spacial score (nSPS) is 12.5. The Morgan fingerprint density at radius 2 is 1.00 bits per heavy atom. The van der Waals surface area contributed by atoms with Crippen molar-refractivity contribution in [2.75, 3.05) is 0 Å². The van der Waals surface area contributed by atoms with Crippen LogP contribution in [0.25, 0.3) is 0 Å². The zero-order valence-corrected chi connectivity index (χ0v) is 10.0. The van der Waals surface area contributed by atoms with Crippen molar-refractivity contribution in [3.05, 3.63) is 0 Å². The first-order chi connectivity index (χ1) is 4.71. The van der Waals surface area contributed by atoms with Crippen LogP contribution in [0.1, 0.15) is 41.5 Å². The second-order valence-electron chi connectivity index (χ2n) is 4.61. The van der Waals surface area contributed by atoms with Crippen molar-refractivity contribution >= 4 is 14.6 Å². The molecule has 0 rings (SSSR count). The third-order valence-electron chi connectivity index (χ3n) is 0.629. The monoisotopic (exact) mass is 222 g/mol. The van der Waals surface area contributed by atoms with Gasteiger partial charge in [0.2, 0.25) is 0 Å². The van der Waals surface area contributed by atoms with Crippen LogP contribution >= 0.6 is 0 Å². The van der Waals surface area contributed by atoms with Crippen LogP contribution in [0, 0.1) is 0 Å². The van der Waals surface area contributed by atoms with Crippen LogP contribution in [-0.2, 0) is 0 Å². The second-order valence-corrected chi connectivity index (χ2v) is 5.71. The average molecular weight is 221 g/mol. The van der Waals surface area contributed by atoms with E-state index in [2.05, 4.69) is 49.5 Å². The summed E-state index contributed by atoms with van der Waals surface area (Å²) in [5.74, 6) is 0. The SMILES string of the molecule is CC(C)(C)N=[Se]=NC(C)(C)C. The van der Waals surface area contributed by atoms with E-state index in [1.54, 1.807) is 0 Å². The molecule has 0 heterocycles. The molecule has 0 aromatic carbocycles. The molecule has 2 nitrogen and oxygen atoms in total. The summed E-state index contributed by atoms with van der Waals surface area (Å²) in [5, 5.41) is 0. The minimum absolute atomic E-state index is 0.0781. The Morgan fingerprint density at radius 3 is 1.18 bits per heavy atom. The van der Waals surface area contributed by atoms with Crippen molar-refractivity contribution in [1.29, 1.82) is 0 Å². The summed E-state index contributed by atoms with van der Waals surface area (Å²) in [5.41, 5.74) is 0.156. The van der Waals surface area contributed by atoms with Gasteiger partial charge in [0.05, 0.1) is 0 Å². The molecule has 0 aromatic rings. The molecule has 11 heavy (non-hydrogen) atoms. The van der Waals surface area contributed by atoms with E-state index in [4.69, 9.17) is 0 Å². The molecule has 0 aliphatic heterocycles. The van der Waals surface area contributed by atoms with E-state index in [1.165, 1.54) is 0 Å². The van der Waals surface area contributed by atoms with Gasteiger partial charge in [-0.15, -0.1) is 0 Å². The molecule has 0 aliphatic rings. The van der Waals surface area contributed by atoms with E-state index >= 15 is 0 Å². The molecule has 0 fully saturated rings. The van der Waals surface area contributed by atoms with E-state index in [1.807, 2.05) is 0 Å². The number of hydrogen-bond donors (Lipinski definition) is 0. The van der Waals surface area contributed by atoms with Gasteiger partial charge in [-0.05, 0) is 0 Å². The Bertz CT molecular complexity index is 159. The Hall–Kier alpha value is 0.119. The van der Waals surface area contributed by atoms with E-state index in [9.17, 15) is 0 Å². The van der Waals surface area contributed by atoms with Gasteiger partial charge in [0, 0.05) is 0 Å². The molecule has 66 valence electrons. The Balaban J connectivity index is 4.25. The summed E-state index contributed by atoms with van der Waals surface area (Å²) >= 11 is 0.0938. The van der Waals surface area contributed by atoms with Gasteiger partial charge in [-0.1, -0.05) is 0 Å². The van der Waals surface area contributed by atoms with E-state index in [0.717, 1.165) is 0 Å². The number of hydrogen-bond acceptors (Lipinski definition) is 2. The molecule has 0 amide bonds. The second kappa shape index (κ2) is 3.68. The zero-order valence-electron chi connectivity index (χ0n) is 8.30. The topological polar surface area (TPSA) is 24.7 Å². The molecule has 0 atom stereocenters. The average Bonchev–Trinajstić information content (AvgIpc) is 1.55. The van der Waals surface area contributed by atoms with Gasteiger partial charge in [0.1, 0.15) is 0 Å². The van der Waals surface area contributed by atoms with Gasteiger partial charge in [-0.3, -0.25) is 0 Å². The molecule has 0 spiro atoms. The maximum absolute atomic E-state index is 4.44. The third-order valence-corrected chi connectivity index (χ3v) is 3.27. The van der Waals surface area contributed by atoms with Crippen molar-refractivity contribution in [1.82, 2.24) is 0 Å².